The van der Waals surface area contributed by atoms with Crippen molar-refractivity contribution in [1.29, 1.82) is 5.26 Å². The first kappa shape index (κ1) is 14.2. The molecule has 0 spiro atoms. The summed E-state index contributed by atoms with van der Waals surface area (Å²) >= 11 is 6.00. The lowest BCUT2D eigenvalue weighted by atomic mass is 9.79. The summed E-state index contributed by atoms with van der Waals surface area (Å²) in [4.78, 5) is 0. The van der Waals surface area contributed by atoms with Gasteiger partial charge in [0, 0.05) is 13.2 Å². The van der Waals surface area contributed by atoms with E-state index in [-0.39, 0.29) is 6.61 Å². The molecule has 1 aliphatic rings. The second-order valence-corrected chi connectivity index (χ2v) is 5.55. The number of aliphatic hydroxyl groups excluding tert-OH is 1. The normalized spacial score (nSPS) is 22.8. The van der Waals surface area contributed by atoms with Crippen LogP contribution in [0.25, 0.3) is 0 Å². The summed E-state index contributed by atoms with van der Waals surface area (Å²) in [5, 5.41) is 22.3. The number of hydrogen-bond acceptors (Lipinski definition) is 3. The molecule has 1 saturated carbocycles. The van der Waals surface area contributed by atoms with Crippen molar-refractivity contribution < 1.29 is 5.11 Å². The number of nitrogens with one attached hydrogen (secondary N) is 1. The Labute approximate surface area is 119 Å². The van der Waals surface area contributed by atoms with Gasteiger partial charge in [0.25, 0.3) is 0 Å². The lowest BCUT2D eigenvalue weighted by molar-refractivity contribution is 0.141. The van der Waals surface area contributed by atoms with Crippen molar-refractivity contribution in [2.24, 2.45) is 11.8 Å². The third kappa shape index (κ3) is 3.40. The number of rotatable bonds is 4. The number of halogens is 1. The number of nitriles is 1. The molecule has 0 radical (unpaired) electrons. The Morgan fingerprint density at radius 2 is 2.05 bits per heavy atom. The van der Waals surface area contributed by atoms with Crippen LogP contribution >= 0.6 is 11.6 Å². The maximum atomic E-state index is 9.40. The van der Waals surface area contributed by atoms with E-state index >= 15 is 0 Å². The molecule has 3 nitrogen and oxygen atoms in total. The Bertz CT molecular complexity index is 470. The average Bonchev–Trinajstić information content (AvgIpc) is 2.45. The molecule has 1 fully saturated rings. The first-order valence-corrected chi connectivity index (χ1v) is 7.17. The standard InChI is InChI=1S/C15H19ClN2O/c16-14-6-3-7-15(13(14)8-17)18-9-11-4-1-2-5-12(11)10-19/h3,6-7,11-12,18-19H,1-2,4-5,9-10H2. The summed E-state index contributed by atoms with van der Waals surface area (Å²) in [6.45, 7) is 1.05. The van der Waals surface area contributed by atoms with Crippen LogP contribution in [-0.2, 0) is 0 Å². The molecule has 0 amide bonds. The Hall–Kier alpha value is -1.24. The monoisotopic (exact) mass is 278 g/mol. The van der Waals surface area contributed by atoms with E-state index in [1.807, 2.05) is 12.1 Å². The fourth-order valence-corrected chi connectivity index (χ4v) is 3.04. The van der Waals surface area contributed by atoms with Crippen molar-refractivity contribution in [1.82, 2.24) is 0 Å². The van der Waals surface area contributed by atoms with Crippen LogP contribution < -0.4 is 5.32 Å². The van der Waals surface area contributed by atoms with Crippen molar-refractivity contribution in [3.8, 4) is 6.07 Å². The van der Waals surface area contributed by atoms with Crippen molar-refractivity contribution in [2.45, 2.75) is 25.7 Å². The summed E-state index contributed by atoms with van der Waals surface area (Å²) in [6.07, 6.45) is 4.68. The molecule has 4 heteroatoms. The number of benzene rings is 1. The second kappa shape index (κ2) is 6.79. The van der Waals surface area contributed by atoms with Gasteiger partial charge < -0.3 is 10.4 Å². The molecule has 0 bridgehead atoms. The number of anilines is 1. The van der Waals surface area contributed by atoms with E-state index in [2.05, 4.69) is 11.4 Å². The molecule has 1 aromatic carbocycles. The molecule has 2 N–H and O–H groups in total. The molecule has 1 aliphatic carbocycles. The van der Waals surface area contributed by atoms with Gasteiger partial charge in [-0.15, -0.1) is 0 Å². The van der Waals surface area contributed by atoms with E-state index in [4.69, 9.17) is 16.9 Å². The maximum absolute atomic E-state index is 9.40. The van der Waals surface area contributed by atoms with Crippen LogP contribution in [0, 0.1) is 23.2 Å². The van der Waals surface area contributed by atoms with Gasteiger partial charge >= 0.3 is 0 Å². The van der Waals surface area contributed by atoms with Crippen molar-refractivity contribution in [3.05, 3.63) is 28.8 Å². The minimum Gasteiger partial charge on any atom is -0.396 e. The second-order valence-electron chi connectivity index (χ2n) is 5.14. The SMILES string of the molecule is N#Cc1c(Cl)cccc1NCC1CCCCC1CO. The quantitative estimate of drug-likeness (QED) is 0.887. The topological polar surface area (TPSA) is 56.0 Å². The predicted molar refractivity (Wildman–Crippen MR) is 77.2 cm³/mol. The molecular formula is C15H19ClN2O. The van der Waals surface area contributed by atoms with Gasteiger partial charge in [-0.05, 0) is 36.8 Å². The molecule has 102 valence electrons. The number of aliphatic hydroxyl groups is 1. The summed E-state index contributed by atoms with van der Waals surface area (Å²) in [7, 11) is 0. The highest BCUT2D eigenvalue weighted by molar-refractivity contribution is 6.32. The zero-order valence-corrected chi connectivity index (χ0v) is 11.7. The van der Waals surface area contributed by atoms with E-state index in [0.29, 0.717) is 22.4 Å². The molecule has 2 atom stereocenters. The minimum absolute atomic E-state index is 0.257. The molecule has 19 heavy (non-hydrogen) atoms. The lowest BCUT2D eigenvalue weighted by Gasteiger charge is -2.30. The predicted octanol–water partition coefficient (Wildman–Crippen LogP) is 3.42. The van der Waals surface area contributed by atoms with Gasteiger partial charge in [0.2, 0.25) is 0 Å². The average molecular weight is 279 g/mol. The summed E-state index contributed by atoms with van der Waals surface area (Å²) in [5.41, 5.74) is 1.29. The molecule has 2 rings (SSSR count). The van der Waals surface area contributed by atoms with Crippen LogP contribution in [-0.4, -0.2) is 18.3 Å². The highest BCUT2D eigenvalue weighted by atomic mass is 35.5. The van der Waals surface area contributed by atoms with Crippen molar-refractivity contribution in [3.63, 3.8) is 0 Å². The van der Waals surface area contributed by atoms with Crippen LogP contribution in [0.4, 0.5) is 5.69 Å². The fourth-order valence-electron chi connectivity index (χ4n) is 2.82. The van der Waals surface area contributed by atoms with E-state index < -0.39 is 0 Å². The summed E-state index contributed by atoms with van der Waals surface area (Å²) < 4.78 is 0. The van der Waals surface area contributed by atoms with Crippen LogP contribution in [0.15, 0.2) is 18.2 Å². The van der Waals surface area contributed by atoms with Crippen LogP contribution in [0.3, 0.4) is 0 Å². The highest BCUT2D eigenvalue weighted by Crippen LogP contribution is 2.31. The fraction of sp³-hybridized carbons (Fsp3) is 0.533. The van der Waals surface area contributed by atoms with Crippen LogP contribution in [0.1, 0.15) is 31.2 Å². The van der Waals surface area contributed by atoms with Gasteiger partial charge in [-0.1, -0.05) is 30.5 Å². The van der Waals surface area contributed by atoms with E-state index in [1.54, 1.807) is 6.07 Å². The highest BCUT2D eigenvalue weighted by Gasteiger charge is 2.24. The first-order valence-electron chi connectivity index (χ1n) is 6.79. The number of hydrogen-bond donors (Lipinski definition) is 2. The zero-order chi connectivity index (χ0) is 13.7. The van der Waals surface area contributed by atoms with Gasteiger partial charge in [0.05, 0.1) is 16.3 Å². The molecule has 0 saturated heterocycles. The Morgan fingerprint density at radius 1 is 1.32 bits per heavy atom. The smallest absolute Gasteiger partial charge is 0.103 e. The zero-order valence-electron chi connectivity index (χ0n) is 10.9. The third-order valence-corrected chi connectivity index (χ3v) is 4.30. The summed E-state index contributed by atoms with van der Waals surface area (Å²) in [5.74, 6) is 0.857. The Kier molecular flexibility index (Phi) is 5.07. The summed E-state index contributed by atoms with van der Waals surface area (Å²) in [6, 6.07) is 7.58. The number of nitrogens with zero attached hydrogens (tertiary/aromatic N) is 1. The Balaban J connectivity index is 2.02. The van der Waals surface area contributed by atoms with Gasteiger partial charge in [0.15, 0.2) is 0 Å². The molecule has 0 heterocycles. The van der Waals surface area contributed by atoms with Gasteiger partial charge in [-0.2, -0.15) is 5.26 Å². The molecule has 2 unspecified atom stereocenters. The van der Waals surface area contributed by atoms with Gasteiger partial charge in [0.1, 0.15) is 6.07 Å². The third-order valence-electron chi connectivity index (χ3n) is 3.98. The van der Waals surface area contributed by atoms with Crippen LogP contribution in [0.5, 0.6) is 0 Å². The van der Waals surface area contributed by atoms with E-state index in [9.17, 15) is 5.11 Å². The van der Waals surface area contributed by atoms with Gasteiger partial charge in [-0.3, -0.25) is 0 Å². The maximum Gasteiger partial charge on any atom is 0.103 e. The molecular weight excluding hydrogens is 260 g/mol. The first-order chi connectivity index (χ1) is 9.26. The van der Waals surface area contributed by atoms with Crippen molar-refractivity contribution >= 4 is 17.3 Å². The Morgan fingerprint density at radius 3 is 2.74 bits per heavy atom. The largest absolute Gasteiger partial charge is 0.396 e. The van der Waals surface area contributed by atoms with Crippen molar-refractivity contribution in [2.75, 3.05) is 18.5 Å². The molecule has 0 aliphatic heterocycles. The van der Waals surface area contributed by atoms with E-state index in [1.165, 1.54) is 12.8 Å². The minimum atomic E-state index is 0.257. The van der Waals surface area contributed by atoms with E-state index in [0.717, 1.165) is 25.1 Å². The molecule has 1 aromatic rings. The van der Waals surface area contributed by atoms with Gasteiger partial charge in [-0.25, -0.2) is 0 Å². The molecule has 0 aromatic heterocycles. The van der Waals surface area contributed by atoms with Crippen LogP contribution in [0.2, 0.25) is 5.02 Å². The lowest BCUT2D eigenvalue weighted by Crippen LogP contribution is -2.28.